The summed E-state index contributed by atoms with van der Waals surface area (Å²) >= 11 is 0. The van der Waals surface area contributed by atoms with E-state index in [1.807, 2.05) is 12.1 Å². The first-order chi connectivity index (χ1) is 16.9. The number of morpholine rings is 1. The van der Waals surface area contributed by atoms with Crippen molar-refractivity contribution in [2.45, 2.75) is 11.4 Å². The van der Waals surface area contributed by atoms with Gasteiger partial charge in [0.1, 0.15) is 5.75 Å². The maximum atomic E-state index is 12.9. The standard InChI is InChI=1S/C26H29N3O5S/c1-28(35(31,32)25-13-11-24(33-2)12-14-25)22-9-5-21(6-10-22)26(30)27-19-20-3-7-23(8-4-20)29-15-17-34-18-16-29/h3-14H,15-19H2,1-2H3,(H,27,30). The molecule has 0 unspecified atom stereocenters. The maximum Gasteiger partial charge on any atom is 0.264 e. The summed E-state index contributed by atoms with van der Waals surface area (Å²) in [5.41, 5.74) is 3.05. The van der Waals surface area contributed by atoms with E-state index in [1.165, 1.54) is 30.6 Å². The number of rotatable bonds is 8. The summed E-state index contributed by atoms with van der Waals surface area (Å²) in [6.45, 7) is 3.63. The molecule has 3 aromatic carbocycles. The van der Waals surface area contributed by atoms with Crippen molar-refractivity contribution in [1.29, 1.82) is 0 Å². The molecule has 3 aromatic rings. The molecular weight excluding hydrogens is 466 g/mol. The molecule has 1 aliphatic heterocycles. The Morgan fingerprint density at radius 3 is 2.20 bits per heavy atom. The fourth-order valence-electron chi connectivity index (χ4n) is 3.80. The van der Waals surface area contributed by atoms with Gasteiger partial charge in [0.05, 0.1) is 30.9 Å². The zero-order valence-electron chi connectivity index (χ0n) is 19.8. The maximum absolute atomic E-state index is 12.9. The number of hydrogen-bond donors (Lipinski definition) is 1. The normalized spacial score (nSPS) is 13.8. The number of carbonyl (C=O) groups is 1. The predicted molar refractivity (Wildman–Crippen MR) is 136 cm³/mol. The summed E-state index contributed by atoms with van der Waals surface area (Å²) in [7, 11) is -0.737. The molecule has 0 bridgehead atoms. The van der Waals surface area contributed by atoms with E-state index in [9.17, 15) is 13.2 Å². The van der Waals surface area contributed by atoms with Crippen molar-refractivity contribution in [1.82, 2.24) is 5.32 Å². The van der Waals surface area contributed by atoms with Crippen LogP contribution in [0, 0.1) is 0 Å². The van der Waals surface area contributed by atoms with E-state index in [4.69, 9.17) is 9.47 Å². The van der Waals surface area contributed by atoms with Crippen LogP contribution in [0.25, 0.3) is 0 Å². The second-order valence-corrected chi connectivity index (χ2v) is 10.1. The lowest BCUT2D eigenvalue weighted by Crippen LogP contribution is -2.36. The summed E-state index contributed by atoms with van der Waals surface area (Å²) in [5, 5.41) is 2.91. The highest BCUT2D eigenvalue weighted by molar-refractivity contribution is 7.92. The molecule has 1 saturated heterocycles. The molecule has 1 amide bonds. The van der Waals surface area contributed by atoms with E-state index >= 15 is 0 Å². The second-order valence-electron chi connectivity index (χ2n) is 8.14. The summed E-state index contributed by atoms with van der Waals surface area (Å²) < 4.78 is 37.5. The van der Waals surface area contributed by atoms with Gasteiger partial charge in [-0.15, -0.1) is 0 Å². The molecule has 0 aliphatic carbocycles. The molecule has 1 aliphatic rings. The molecule has 0 aromatic heterocycles. The van der Waals surface area contributed by atoms with Gasteiger partial charge < -0.3 is 19.7 Å². The van der Waals surface area contributed by atoms with Crippen LogP contribution in [-0.4, -0.2) is 54.8 Å². The van der Waals surface area contributed by atoms with Gasteiger partial charge in [0.15, 0.2) is 0 Å². The van der Waals surface area contributed by atoms with Crippen LogP contribution >= 0.6 is 0 Å². The van der Waals surface area contributed by atoms with E-state index < -0.39 is 10.0 Å². The Kier molecular flexibility index (Phi) is 7.57. The minimum Gasteiger partial charge on any atom is -0.497 e. The van der Waals surface area contributed by atoms with Crippen LogP contribution in [0.3, 0.4) is 0 Å². The van der Waals surface area contributed by atoms with Crippen molar-refractivity contribution in [3.63, 3.8) is 0 Å². The Labute approximate surface area is 206 Å². The summed E-state index contributed by atoms with van der Waals surface area (Å²) in [6, 6.07) is 20.8. The first-order valence-electron chi connectivity index (χ1n) is 11.3. The third-order valence-electron chi connectivity index (χ3n) is 5.98. The zero-order chi connectivity index (χ0) is 24.8. The van der Waals surface area contributed by atoms with Crippen LogP contribution in [0.1, 0.15) is 15.9 Å². The first-order valence-corrected chi connectivity index (χ1v) is 12.8. The van der Waals surface area contributed by atoms with Crippen LogP contribution in [0.2, 0.25) is 0 Å². The Morgan fingerprint density at radius 2 is 1.60 bits per heavy atom. The van der Waals surface area contributed by atoms with Gasteiger partial charge in [-0.2, -0.15) is 0 Å². The molecule has 35 heavy (non-hydrogen) atoms. The van der Waals surface area contributed by atoms with Crippen LogP contribution in [-0.2, 0) is 21.3 Å². The monoisotopic (exact) mass is 495 g/mol. The molecule has 0 spiro atoms. The third kappa shape index (κ3) is 5.75. The van der Waals surface area contributed by atoms with E-state index in [0.717, 1.165) is 37.6 Å². The van der Waals surface area contributed by atoms with Crippen LogP contribution in [0.5, 0.6) is 5.75 Å². The SMILES string of the molecule is COc1ccc(S(=O)(=O)N(C)c2ccc(C(=O)NCc3ccc(N4CCOCC4)cc3)cc2)cc1. The van der Waals surface area contributed by atoms with Gasteiger partial charge in [0.2, 0.25) is 0 Å². The largest absolute Gasteiger partial charge is 0.497 e. The Bertz CT molecular complexity index is 1240. The number of nitrogens with zero attached hydrogens (tertiary/aromatic N) is 2. The van der Waals surface area contributed by atoms with Crippen molar-refractivity contribution in [3.8, 4) is 5.75 Å². The number of amides is 1. The molecule has 1 fully saturated rings. The van der Waals surface area contributed by atoms with Gasteiger partial charge >= 0.3 is 0 Å². The lowest BCUT2D eigenvalue weighted by atomic mass is 10.1. The summed E-state index contributed by atoms with van der Waals surface area (Å²) in [5.74, 6) is 0.351. The van der Waals surface area contributed by atoms with Crippen LogP contribution in [0.15, 0.2) is 77.7 Å². The third-order valence-corrected chi connectivity index (χ3v) is 7.78. The number of ether oxygens (including phenoxy) is 2. The van der Waals surface area contributed by atoms with Gasteiger partial charge in [-0.25, -0.2) is 8.42 Å². The fourth-order valence-corrected chi connectivity index (χ4v) is 4.99. The average Bonchev–Trinajstić information content (AvgIpc) is 2.92. The van der Waals surface area contributed by atoms with Gasteiger partial charge in [-0.1, -0.05) is 12.1 Å². The van der Waals surface area contributed by atoms with E-state index in [-0.39, 0.29) is 10.8 Å². The van der Waals surface area contributed by atoms with Crippen LogP contribution < -0.4 is 19.3 Å². The van der Waals surface area contributed by atoms with Gasteiger partial charge in [0.25, 0.3) is 15.9 Å². The van der Waals surface area contributed by atoms with Crippen molar-refractivity contribution >= 4 is 27.3 Å². The molecule has 4 rings (SSSR count). The van der Waals surface area contributed by atoms with Gasteiger partial charge in [-0.3, -0.25) is 9.10 Å². The molecule has 0 radical (unpaired) electrons. The number of anilines is 2. The van der Waals surface area contributed by atoms with Crippen molar-refractivity contribution in [2.24, 2.45) is 0 Å². The molecule has 0 saturated carbocycles. The first kappa shape index (κ1) is 24.6. The molecule has 1 N–H and O–H groups in total. The lowest BCUT2D eigenvalue weighted by Gasteiger charge is -2.28. The number of hydrogen-bond acceptors (Lipinski definition) is 6. The number of benzene rings is 3. The minimum atomic E-state index is -3.74. The molecule has 8 nitrogen and oxygen atoms in total. The molecule has 9 heteroatoms. The summed E-state index contributed by atoms with van der Waals surface area (Å²) in [4.78, 5) is 15.0. The smallest absolute Gasteiger partial charge is 0.264 e. The van der Waals surface area contributed by atoms with Crippen LogP contribution in [0.4, 0.5) is 11.4 Å². The topological polar surface area (TPSA) is 88.2 Å². The molecule has 184 valence electrons. The predicted octanol–water partition coefficient (Wildman–Crippen LogP) is 3.29. The quantitative estimate of drug-likeness (QED) is 0.516. The van der Waals surface area contributed by atoms with Crippen molar-refractivity contribution in [3.05, 3.63) is 83.9 Å². The number of carbonyl (C=O) groups excluding carboxylic acids is 1. The van der Waals surface area contributed by atoms with E-state index in [1.54, 1.807) is 36.4 Å². The van der Waals surface area contributed by atoms with E-state index in [2.05, 4.69) is 22.3 Å². The number of methoxy groups -OCH3 is 1. The highest BCUT2D eigenvalue weighted by Gasteiger charge is 2.21. The second kappa shape index (κ2) is 10.8. The lowest BCUT2D eigenvalue weighted by molar-refractivity contribution is 0.0951. The minimum absolute atomic E-state index is 0.155. The zero-order valence-corrected chi connectivity index (χ0v) is 20.6. The molecule has 0 atom stereocenters. The molecule has 1 heterocycles. The number of nitrogens with one attached hydrogen (secondary N) is 1. The highest BCUT2D eigenvalue weighted by atomic mass is 32.2. The summed E-state index contributed by atoms with van der Waals surface area (Å²) in [6.07, 6.45) is 0. The molecular formula is C26H29N3O5S. The fraction of sp³-hybridized carbons (Fsp3) is 0.269. The average molecular weight is 496 g/mol. The highest BCUT2D eigenvalue weighted by Crippen LogP contribution is 2.24. The van der Waals surface area contributed by atoms with Crippen molar-refractivity contribution in [2.75, 3.05) is 49.7 Å². The van der Waals surface area contributed by atoms with Crippen molar-refractivity contribution < 1.29 is 22.7 Å². The van der Waals surface area contributed by atoms with Gasteiger partial charge in [0, 0.05) is 37.9 Å². The Balaban J connectivity index is 1.35. The Morgan fingerprint density at radius 1 is 0.971 bits per heavy atom. The Hall–Kier alpha value is -3.56. The number of sulfonamides is 1. The van der Waals surface area contributed by atoms with E-state index in [0.29, 0.717) is 23.5 Å². The van der Waals surface area contributed by atoms with Gasteiger partial charge in [-0.05, 0) is 66.2 Å².